The van der Waals surface area contributed by atoms with Crippen molar-refractivity contribution in [1.29, 1.82) is 0 Å². The van der Waals surface area contributed by atoms with Gasteiger partial charge in [-0.1, -0.05) is 18.2 Å². The van der Waals surface area contributed by atoms with Crippen LogP contribution in [-0.4, -0.2) is 25.5 Å². The third-order valence-corrected chi connectivity index (χ3v) is 4.23. The van der Waals surface area contributed by atoms with Gasteiger partial charge in [-0.2, -0.15) is 0 Å². The highest BCUT2D eigenvalue weighted by molar-refractivity contribution is 5.91. The number of hydrogen-bond donors (Lipinski definition) is 1. The summed E-state index contributed by atoms with van der Waals surface area (Å²) in [6.45, 7) is 0.247. The summed E-state index contributed by atoms with van der Waals surface area (Å²) in [5.41, 5.74) is 6.46. The predicted molar refractivity (Wildman–Crippen MR) is 71.9 cm³/mol. The molecule has 20 heavy (non-hydrogen) atoms. The SMILES string of the molecule is COC(=O)c1ccccc1C1(CN)CCC(F)(F)CC1. The fraction of sp³-hybridized carbons (Fsp3) is 0.533. The average molecular weight is 283 g/mol. The van der Waals surface area contributed by atoms with E-state index in [4.69, 9.17) is 10.5 Å². The lowest BCUT2D eigenvalue weighted by atomic mass is 9.67. The van der Waals surface area contributed by atoms with Gasteiger partial charge in [0.25, 0.3) is 0 Å². The van der Waals surface area contributed by atoms with E-state index < -0.39 is 17.3 Å². The molecule has 0 heterocycles. The van der Waals surface area contributed by atoms with Gasteiger partial charge in [0.05, 0.1) is 12.7 Å². The molecular formula is C15H19F2NO2. The van der Waals surface area contributed by atoms with E-state index >= 15 is 0 Å². The van der Waals surface area contributed by atoms with E-state index in [1.807, 2.05) is 0 Å². The zero-order chi connectivity index (χ0) is 14.8. The number of hydrogen-bond acceptors (Lipinski definition) is 3. The molecule has 0 amide bonds. The molecule has 1 saturated carbocycles. The van der Waals surface area contributed by atoms with Gasteiger partial charge < -0.3 is 10.5 Å². The van der Waals surface area contributed by atoms with Crippen molar-refractivity contribution >= 4 is 5.97 Å². The second kappa shape index (κ2) is 5.48. The number of alkyl halides is 2. The first kappa shape index (κ1) is 14.9. The number of ether oxygens (including phenoxy) is 1. The Morgan fingerprint density at radius 1 is 1.25 bits per heavy atom. The van der Waals surface area contributed by atoms with Gasteiger partial charge in [-0.25, -0.2) is 13.6 Å². The monoisotopic (exact) mass is 283 g/mol. The Hall–Kier alpha value is -1.49. The Morgan fingerprint density at radius 3 is 2.40 bits per heavy atom. The number of rotatable bonds is 3. The summed E-state index contributed by atoms with van der Waals surface area (Å²) in [7, 11) is 1.31. The molecule has 1 aromatic carbocycles. The smallest absolute Gasteiger partial charge is 0.338 e. The second-order valence-electron chi connectivity index (χ2n) is 5.38. The zero-order valence-electron chi connectivity index (χ0n) is 11.5. The Bertz CT molecular complexity index is 492. The maximum atomic E-state index is 13.4. The lowest BCUT2D eigenvalue weighted by Gasteiger charge is -2.40. The van der Waals surface area contributed by atoms with Crippen LogP contribution in [0.25, 0.3) is 0 Å². The van der Waals surface area contributed by atoms with Crippen LogP contribution in [0.1, 0.15) is 41.6 Å². The Morgan fingerprint density at radius 2 is 1.85 bits per heavy atom. The highest BCUT2D eigenvalue weighted by Crippen LogP contribution is 2.45. The second-order valence-corrected chi connectivity index (χ2v) is 5.38. The summed E-state index contributed by atoms with van der Waals surface area (Å²) in [6.07, 6.45) is 0.175. The summed E-state index contributed by atoms with van der Waals surface area (Å²) >= 11 is 0. The van der Waals surface area contributed by atoms with Crippen molar-refractivity contribution in [3.8, 4) is 0 Å². The van der Waals surface area contributed by atoms with E-state index in [0.717, 1.165) is 5.56 Å². The van der Waals surface area contributed by atoms with Crippen LogP contribution in [0.3, 0.4) is 0 Å². The van der Waals surface area contributed by atoms with Gasteiger partial charge in [0.2, 0.25) is 5.92 Å². The van der Waals surface area contributed by atoms with E-state index in [9.17, 15) is 13.6 Å². The molecule has 0 saturated heterocycles. The van der Waals surface area contributed by atoms with Crippen LogP contribution in [0, 0.1) is 0 Å². The molecular weight excluding hydrogens is 264 g/mol. The van der Waals surface area contributed by atoms with Crippen molar-refractivity contribution in [3.63, 3.8) is 0 Å². The molecule has 5 heteroatoms. The number of nitrogens with two attached hydrogens (primary N) is 1. The number of carbonyl (C=O) groups excluding carboxylic acids is 1. The minimum atomic E-state index is -2.63. The number of carbonyl (C=O) groups is 1. The summed E-state index contributed by atoms with van der Waals surface area (Å²) in [6, 6.07) is 6.98. The number of methoxy groups -OCH3 is 1. The number of benzene rings is 1. The van der Waals surface area contributed by atoms with E-state index in [1.54, 1.807) is 24.3 Å². The van der Waals surface area contributed by atoms with Crippen LogP contribution in [-0.2, 0) is 10.2 Å². The fourth-order valence-corrected chi connectivity index (χ4v) is 2.91. The van der Waals surface area contributed by atoms with Crippen molar-refractivity contribution in [2.24, 2.45) is 5.73 Å². The Labute approximate surface area is 117 Å². The maximum Gasteiger partial charge on any atom is 0.338 e. The third-order valence-electron chi connectivity index (χ3n) is 4.23. The highest BCUT2D eigenvalue weighted by atomic mass is 19.3. The summed E-state index contributed by atoms with van der Waals surface area (Å²) < 4.78 is 31.6. The molecule has 0 radical (unpaired) electrons. The first-order valence-electron chi connectivity index (χ1n) is 6.70. The summed E-state index contributed by atoms with van der Waals surface area (Å²) in [5.74, 6) is -3.08. The van der Waals surface area contributed by atoms with Crippen LogP contribution in [0.2, 0.25) is 0 Å². The largest absolute Gasteiger partial charge is 0.465 e. The van der Waals surface area contributed by atoms with E-state index in [1.165, 1.54) is 7.11 Å². The minimum Gasteiger partial charge on any atom is -0.465 e. The van der Waals surface area contributed by atoms with Crippen molar-refractivity contribution in [2.45, 2.75) is 37.0 Å². The standard InChI is InChI=1S/C15H19F2NO2/c1-20-13(19)11-4-2-3-5-12(11)14(10-18)6-8-15(16,17)9-7-14/h2-5H,6-10,18H2,1H3. The summed E-state index contributed by atoms with van der Waals surface area (Å²) in [5, 5.41) is 0. The molecule has 110 valence electrons. The minimum absolute atomic E-state index is 0.195. The fourth-order valence-electron chi connectivity index (χ4n) is 2.91. The van der Waals surface area contributed by atoms with E-state index in [2.05, 4.69) is 0 Å². The number of halogens is 2. The Kier molecular flexibility index (Phi) is 4.09. The van der Waals surface area contributed by atoms with E-state index in [0.29, 0.717) is 5.56 Å². The normalized spacial score (nSPS) is 20.4. The molecule has 2 rings (SSSR count). The third kappa shape index (κ3) is 2.68. The summed E-state index contributed by atoms with van der Waals surface area (Å²) in [4.78, 5) is 11.9. The van der Waals surface area contributed by atoms with Crippen LogP contribution in [0.5, 0.6) is 0 Å². The first-order valence-corrected chi connectivity index (χ1v) is 6.70. The molecule has 0 atom stereocenters. The van der Waals surface area contributed by atoms with Crippen LogP contribution in [0.4, 0.5) is 8.78 Å². The molecule has 1 fully saturated rings. The van der Waals surface area contributed by atoms with Crippen LogP contribution in [0.15, 0.2) is 24.3 Å². The lowest BCUT2D eigenvalue weighted by Crippen LogP contribution is -2.43. The van der Waals surface area contributed by atoms with Gasteiger partial charge in [-0.3, -0.25) is 0 Å². The molecule has 1 aliphatic carbocycles. The van der Waals surface area contributed by atoms with Crippen LogP contribution < -0.4 is 5.73 Å². The first-order chi connectivity index (χ1) is 9.44. The average Bonchev–Trinajstić information content (AvgIpc) is 2.47. The van der Waals surface area contributed by atoms with Crippen molar-refractivity contribution < 1.29 is 18.3 Å². The molecule has 1 aromatic rings. The topological polar surface area (TPSA) is 52.3 Å². The molecule has 0 bridgehead atoms. The molecule has 0 aromatic heterocycles. The molecule has 3 nitrogen and oxygen atoms in total. The van der Waals surface area contributed by atoms with Gasteiger partial charge in [0.15, 0.2) is 0 Å². The predicted octanol–water partition coefficient (Wildman–Crippen LogP) is 2.88. The van der Waals surface area contributed by atoms with Crippen molar-refractivity contribution in [2.75, 3.05) is 13.7 Å². The molecule has 2 N–H and O–H groups in total. The molecule has 1 aliphatic rings. The quantitative estimate of drug-likeness (QED) is 0.868. The molecule has 0 spiro atoms. The molecule has 0 aliphatic heterocycles. The highest BCUT2D eigenvalue weighted by Gasteiger charge is 2.44. The number of esters is 1. The Balaban J connectivity index is 2.40. The molecule has 0 unspecified atom stereocenters. The lowest BCUT2D eigenvalue weighted by molar-refractivity contribution is -0.0509. The van der Waals surface area contributed by atoms with Gasteiger partial charge >= 0.3 is 5.97 Å². The van der Waals surface area contributed by atoms with Gasteiger partial charge in [-0.05, 0) is 24.5 Å². The van der Waals surface area contributed by atoms with Gasteiger partial charge in [0, 0.05) is 24.8 Å². The van der Waals surface area contributed by atoms with Crippen LogP contribution >= 0.6 is 0 Å². The zero-order valence-corrected chi connectivity index (χ0v) is 11.5. The maximum absolute atomic E-state index is 13.4. The van der Waals surface area contributed by atoms with Gasteiger partial charge in [0.1, 0.15) is 0 Å². The van der Waals surface area contributed by atoms with Crippen molar-refractivity contribution in [1.82, 2.24) is 0 Å². The van der Waals surface area contributed by atoms with Crippen molar-refractivity contribution in [3.05, 3.63) is 35.4 Å². The van der Waals surface area contributed by atoms with Gasteiger partial charge in [-0.15, -0.1) is 0 Å². The van der Waals surface area contributed by atoms with E-state index in [-0.39, 0.29) is 32.2 Å².